The van der Waals surface area contributed by atoms with E-state index in [0.29, 0.717) is 5.92 Å². The summed E-state index contributed by atoms with van der Waals surface area (Å²) in [5.74, 6) is -0.782. The van der Waals surface area contributed by atoms with E-state index < -0.39 is 16.0 Å². The molecule has 0 radical (unpaired) electrons. The van der Waals surface area contributed by atoms with Crippen molar-refractivity contribution in [3.63, 3.8) is 0 Å². The molecular weight excluding hydrogens is 292 g/mol. The summed E-state index contributed by atoms with van der Waals surface area (Å²) in [5, 5.41) is 8.99. The lowest BCUT2D eigenvalue weighted by molar-refractivity contribution is 0.0686. The second kappa shape index (κ2) is 6.19. The molecule has 1 heterocycles. The van der Waals surface area contributed by atoms with E-state index in [1.54, 1.807) is 0 Å². The summed E-state index contributed by atoms with van der Waals surface area (Å²) in [6.45, 7) is 1.88. The first kappa shape index (κ1) is 16.0. The highest BCUT2D eigenvalue weighted by Gasteiger charge is 2.26. The fourth-order valence-electron chi connectivity index (χ4n) is 2.94. The van der Waals surface area contributed by atoms with Crippen molar-refractivity contribution < 1.29 is 18.3 Å². The molecule has 1 aromatic heterocycles. The van der Waals surface area contributed by atoms with E-state index in [-0.39, 0.29) is 16.6 Å². The van der Waals surface area contributed by atoms with Gasteiger partial charge in [-0.2, -0.15) is 0 Å². The Labute approximate surface area is 125 Å². The maximum absolute atomic E-state index is 12.4. The van der Waals surface area contributed by atoms with Gasteiger partial charge in [-0.25, -0.2) is 17.9 Å². The van der Waals surface area contributed by atoms with Gasteiger partial charge < -0.3 is 9.67 Å². The summed E-state index contributed by atoms with van der Waals surface area (Å²) in [7, 11) is -2.16. The molecule has 0 saturated heterocycles. The quantitative estimate of drug-likeness (QED) is 0.869. The number of aryl methyl sites for hydroxylation is 1. The number of hydrogen-bond donors (Lipinski definition) is 2. The van der Waals surface area contributed by atoms with E-state index in [0.717, 1.165) is 25.7 Å². The van der Waals surface area contributed by atoms with Crippen LogP contribution in [0.15, 0.2) is 17.2 Å². The zero-order valence-corrected chi connectivity index (χ0v) is 13.2. The van der Waals surface area contributed by atoms with Gasteiger partial charge in [0.05, 0.1) is 0 Å². The topological polar surface area (TPSA) is 88.4 Å². The van der Waals surface area contributed by atoms with E-state index in [2.05, 4.69) is 4.72 Å². The third-order valence-corrected chi connectivity index (χ3v) is 5.73. The molecule has 1 saturated carbocycles. The molecule has 2 rings (SSSR count). The first-order valence-electron chi connectivity index (χ1n) is 7.23. The molecule has 1 unspecified atom stereocenters. The molecule has 1 atom stereocenters. The summed E-state index contributed by atoms with van der Waals surface area (Å²) < 4.78 is 28.7. The second-order valence-electron chi connectivity index (χ2n) is 5.79. The van der Waals surface area contributed by atoms with Crippen LogP contribution < -0.4 is 4.72 Å². The number of carbonyl (C=O) groups is 1. The van der Waals surface area contributed by atoms with E-state index in [1.807, 2.05) is 6.92 Å². The van der Waals surface area contributed by atoms with Crippen LogP contribution in [0.3, 0.4) is 0 Å². The molecule has 2 N–H and O–H groups in total. The average Bonchev–Trinajstić information content (AvgIpc) is 2.82. The number of aromatic carboxylic acids is 1. The molecule has 0 amide bonds. The van der Waals surface area contributed by atoms with Gasteiger partial charge in [0.1, 0.15) is 10.6 Å². The molecule has 1 aromatic rings. The van der Waals surface area contributed by atoms with Gasteiger partial charge in [0.25, 0.3) is 0 Å². The molecule has 21 heavy (non-hydrogen) atoms. The molecule has 1 fully saturated rings. The lowest BCUT2D eigenvalue weighted by Crippen LogP contribution is -2.38. The minimum absolute atomic E-state index is 0.00468. The Morgan fingerprint density at radius 3 is 2.52 bits per heavy atom. The van der Waals surface area contributed by atoms with Crippen molar-refractivity contribution in [1.82, 2.24) is 9.29 Å². The van der Waals surface area contributed by atoms with Gasteiger partial charge in [-0.05, 0) is 31.7 Å². The smallest absolute Gasteiger partial charge is 0.352 e. The van der Waals surface area contributed by atoms with Gasteiger partial charge in [0.2, 0.25) is 10.0 Å². The molecule has 1 aliphatic carbocycles. The Morgan fingerprint density at radius 1 is 1.38 bits per heavy atom. The summed E-state index contributed by atoms with van der Waals surface area (Å²) >= 11 is 0. The van der Waals surface area contributed by atoms with Crippen molar-refractivity contribution in [3.05, 3.63) is 18.0 Å². The van der Waals surface area contributed by atoms with Crippen molar-refractivity contribution in [1.29, 1.82) is 0 Å². The third-order valence-electron chi connectivity index (χ3n) is 4.21. The van der Waals surface area contributed by atoms with E-state index >= 15 is 0 Å². The molecule has 0 bridgehead atoms. The summed E-state index contributed by atoms with van der Waals surface area (Å²) in [6.07, 6.45) is 6.92. The van der Waals surface area contributed by atoms with E-state index in [9.17, 15) is 13.2 Å². The molecule has 118 valence electrons. The number of aromatic nitrogens is 1. The number of sulfonamides is 1. The van der Waals surface area contributed by atoms with Gasteiger partial charge in [-0.15, -0.1) is 0 Å². The van der Waals surface area contributed by atoms with E-state index in [1.165, 1.54) is 30.3 Å². The van der Waals surface area contributed by atoms with Gasteiger partial charge >= 0.3 is 5.97 Å². The minimum atomic E-state index is -3.68. The predicted molar refractivity (Wildman–Crippen MR) is 78.7 cm³/mol. The molecule has 1 aliphatic rings. The highest BCUT2D eigenvalue weighted by molar-refractivity contribution is 7.89. The lowest BCUT2D eigenvalue weighted by Gasteiger charge is -2.27. The van der Waals surface area contributed by atoms with Gasteiger partial charge in [-0.3, -0.25) is 0 Å². The van der Waals surface area contributed by atoms with Crippen LogP contribution in [0.1, 0.15) is 49.5 Å². The fraction of sp³-hybridized carbons (Fsp3) is 0.643. The monoisotopic (exact) mass is 314 g/mol. The highest BCUT2D eigenvalue weighted by atomic mass is 32.2. The third kappa shape index (κ3) is 3.65. The Kier molecular flexibility index (Phi) is 4.73. The lowest BCUT2D eigenvalue weighted by atomic mass is 9.85. The standard InChI is InChI=1S/C14H22N2O4S/c1-10(11-6-4-3-5-7-11)15-21(19,20)12-8-13(14(17)18)16(2)9-12/h8-11,15H,3-7H2,1-2H3,(H,17,18). The largest absolute Gasteiger partial charge is 0.477 e. The second-order valence-corrected chi connectivity index (χ2v) is 7.50. The van der Waals surface area contributed by atoms with Crippen molar-refractivity contribution in [2.24, 2.45) is 13.0 Å². The van der Waals surface area contributed by atoms with Gasteiger partial charge in [0.15, 0.2) is 0 Å². The van der Waals surface area contributed by atoms with Gasteiger partial charge in [0, 0.05) is 19.3 Å². The number of rotatable bonds is 5. The van der Waals surface area contributed by atoms with Crippen LogP contribution in [0.5, 0.6) is 0 Å². The fourth-order valence-corrected chi connectivity index (χ4v) is 4.32. The zero-order valence-electron chi connectivity index (χ0n) is 12.4. The van der Waals surface area contributed by atoms with Crippen LogP contribution >= 0.6 is 0 Å². The van der Waals surface area contributed by atoms with Gasteiger partial charge in [-0.1, -0.05) is 19.3 Å². The van der Waals surface area contributed by atoms with Crippen molar-refractivity contribution >= 4 is 16.0 Å². The predicted octanol–water partition coefficient (Wildman–Crippen LogP) is 1.97. The van der Waals surface area contributed by atoms with Crippen LogP contribution in [0.4, 0.5) is 0 Å². The van der Waals surface area contributed by atoms with Crippen LogP contribution in [0.25, 0.3) is 0 Å². The summed E-state index contributed by atoms with van der Waals surface area (Å²) in [5.41, 5.74) is -0.0410. The maximum atomic E-state index is 12.4. The molecule has 0 spiro atoms. The number of hydrogen-bond acceptors (Lipinski definition) is 3. The molecule has 0 aliphatic heterocycles. The molecule has 0 aromatic carbocycles. The summed E-state index contributed by atoms with van der Waals surface area (Å²) in [4.78, 5) is 11.0. The number of nitrogens with one attached hydrogen (secondary N) is 1. The minimum Gasteiger partial charge on any atom is -0.477 e. The molecule has 7 heteroatoms. The first-order chi connectivity index (χ1) is 9.81. The maximum Gasteiger partial charge on any atom is 0.352 e. The van der Waals surface area contributed by atoms with Crippen LogP contribution in [-0.4, -0.2) is 30.1 Å². The van der Waals surface area contributed by atoms with Crippen molar-refractivity contribution in [2.75, 3.05) is 0 Å². The zero-order chi connectivity index (χ0) is 15.6. The van der Waals surface area contributed by atoms with Crippen LogP contribution in [0.2, 0.25) is 0 Å². The molecular formula is C14H22N2O4S. The normalized spacial score (nSPS) is 18.6. The highest BCUT2D eigenvalue weighted by Crippen LogP contribution is 2.27. The Balaban J connectivity index is 2.14. The first-order valence-corrected chi connectivity index (χ1v) is 8.71. The Morgan fingerprint density at radius 2 is 2.00 bits per heavy atom. The Bertz CT molecular complexity index is 615. The van der Waals surface area contributed by atoms with Crippen LogP contribution in [-0.2, 0) is 17.1 Å². The average molecular weight is 314 g/mol. The molecule has 6 nitrogen and oxygen atoms in total. The SMILES string of the molecule is CC(NS(=O)(=O)c1cc(C(=O)O)n(C)c1)C1CCCCC1. The summed E-state index contributed by atoms with van der Waals surface area (Å²) in [6, 6.07) is 1.06. The number of carboxylic acid groups (broad SMARTS) is 1. The Hall–Kier alpha value is -1.34. The van der Waals surface area contributed by atoms with Crippen molar-refractivity contribution in [2.45, 2.75) is 50.0 Å². The number of nitrogens with zero attached hydrogens (tertiary/aromatic N) is 1. The number of carboxylic acids is 1. The van der Waals surface area contributed by atoms with E-state index in [4.69, 9.17) is 5.11 Å². The van der Waals surface area contributed by atoms with Crippen molar-refractivity contribution in [3.8, 4) is 0 Å². The van der Waals surface area contributed by atoms with Crippen LogP contribution in [0, 0.1) is 5.92 Å².